The highest BCUT2D eigenvalue weighted by Crippen LogP contribution is 2.28. The first-order chi connectivity index (χ1) is 9.70. The number of hydrogen-bond acceptors (Lipinski definition) is 6. The summed E-state index contributed by atoms with van der Waals surface area (Å²) >= 11 is 0. The number of nitrogens with zero attached hydrogens (tertiary/aromatic N) is 2. The van der Waals surface area contributed by atoms with Crippen molar-refractivity contribution in [1.29, 1.82) is 0 Å². The quantitative estimate of drug-likeness (QED) is 0.749. The number of ether oxygens (including phenoxy) is 1. The second kappa shape index (κ2) is 5.74. The topological polar surface area (TPSA) is 87.5 Å². The van der Waals surface area contributed by atoms with Crippen LogP contribution in [-0.4, -0.2) is 50.6 Å². The second-order valence-corrected chi connectivity index (χ2v) is 4.98. The lowest BCUT2D eigenvalue weighted by molar-refractivity contribution is -0.162. The van der Waals surface area contributed by atoms with Gasteiger partial charge in [0.25, 0.3) is 0 Å². The van der Waals surface area contributed by atoms with Gasteiger partial charge in [-0.25, -0.2) is 4.98 Å². The average Bonchev–Trinajstić information content (AvgIpc) is 2.41. The minimum absolute atomic E-state index is 0.147. The number of halogens is 3. The molecule has 1 aromatic rings. The van der Waals surface area contributed by atoms with Gasteiger partial charge in [0.15, 0.2) is 5.69 Å². The van der Waals surface area contributed by atoms with Crippen LogP contribution in [0, 0.1) is 0 Å². The van der Waals surface area contributed by atoms with Gasteiger partial charge >= 0.3 is 6.18 Å². The molecular formula is C12H16F3N3O3. The van der Waals surface area contributed by atoms with Gasteiger partial charge in [0.1, 0.15) is 18.0 Å². The van der Waals surface area contributed by atoms with Crippen molar-refractivity contribution >= 4 is 5.82 Å². The van der Waals surface area contributed by atoms with Crippen molar-refractivity contribution < 1.29 is 28.1 Å². The van der Waals surface area contributed by atoms with E-state index in [1.54, 1.807) is 13.8 Å². The van der Waals surface area contributed by atoms with E-state index in [-0.39, 0.29) is 5.82 Å². The van der Waals surface area contributed by atoms with Gasteiger partial charge in [0.2, 0.25) is 0 Å². The molecule has 0 saturated carbocycles. The van der Waals surface area contributed by atoms with E-state index in [4.69, 9.17) is 4.74 Å². The van der Waals surface area contributed by atoms with Gasteiger partial charge in [-0.3, -0.25) is 4.98 Å². The molecule has 1 aliphatic heterocycles. The third-order valence-corrected chi connectivity index (χ3v) is 3.37. The van der Waals surface area contributed by atoms with Crippen LogP contribution in [0.25, 0.3) is 0 Å². The molecule has 5 atom stereocenters. The third kappa shape index (κ3) is 3.42. The van der Waals surface area contributed by atoms with E-state index in [2.05, 4.69) is 15.3 Å². The van der Waals surface area contributed by atoms with Crippen LogP contribution in [0.2, 0.25) is 0 Å². The summed E-state index contributed by atoms with van der Waals surface area (Å²) in [7, 11) is 0. The first kappa shape index (κ1) is 15.9. The van der Waals surface area contributed by atoms with Crippen LogP contribution in [0.4, 0.5) is 19.0 Å². The molecule has 1 unspecified atom stereocenters. The maximum Gasteiger partial charge on any atom is 0.434 e. The summed E-state index contributed by atoms with van der Waals surface area (Å²) in [5.41, 5.74) is -1.14. The van der Waals surface area contributed by atoms with Crippen molar-refractivity contribution in [2.75, 3.05) is 5.32 Å². The first-order valence-electron chi connectivity index (χ1n) is 6.37. The number of rotatable bonds is 2. The number of anilines is 1. The molecule has 21 heavy (non-hydrogen) atoms. The van der Waals surface area contributed by atoms with Crippen molar-refractivity contribution in [3.05, 3.63) is 18.1 Å². The van der Waals surface area contributed by atoms with Crippen LogP contribution in [0.15, 0.2) is 12.4 Å². The predicted molar refractivity (Wildman–Crippen MR) is 66.5 cm³/mol. The highest BCUT2D eigenvalue weighted by molar-refractivity contribution is 5.35. The molecule has 0 aromatic carbocycles. The van der Waals surface area contributed by atoms with Gasteiger partial charge in [0.05, 0.1) is 30.6 Å². The van der Waals surface area contributed by atoms with Crippen LogP contribution in [-0.2, 0) is 10.9 Å². The first-order valence-corrected chi connectivity index (χ1v) is 6.37. The summed E-state index contributed by atoms with van der Waals surface area (Å²) in [5.74, 6) is -0.147. The zero-order chi connectivity index (χ0) is 15.8. The molecule has 6 nitrogen and oxygen atoms in total. The van der Waals surface area contributed by atoms with E-state index in [1.807, 2.05) is 0 Å². The fourth-order valence-electron chi connectivity index (χ4n) is 2.22. The standard InChI is InChI=1S/C12H16F3N3O3/c1-5-9(11(20)10(19)6(2)21-5)18-8-4-16-3-7(17-8)12(13,14)15/h3-6,9-11,19-20H,1-2H3,(H,17,18)/t5?,6-,9+,10+,11-/m1/s1. The lowest BCUT2D eigenvalue weighted by atomic mass is 9.94. The Morgan fingerprint density at radius 3 is 2.43 bits per heavy atom. The Bertz CT molecular complexity index is 500. The van der Waals surface area contributed by atoms with Crippen LogP contribution < -0.4 is 5.32 Å². The molecule has 0 bridgehead atoms. The second-order valence-electron chi connectivity index (χ2n) is 4.98. The number of aliphatic hydroxyl groups is 2. The predicted octanol–water partition coefficient (Wildman–Crippen LogP) is 0.805. The minimum Gasteiger partial charge on any atom is -0.388 e. The summed E-state index contributed by atoms with van der Waals surface area (Å²) in [5, 5.41) is 22.4. The molecule has 0 spiro atoms. The van der Waals surface area contributed by atoms with Gasteiger partial charge in [0, 0.05) is 0 Å². The Morgan fingerprint density at radius 2 is 1.81 bits per heavy atom. The SMILES string of the molecule is CC1O[C@H](C)[C@H](O)[C@H](O)[C@H]1Nc1cncc(C(F)(F)F)n1. The summed E-state index contributed by atoms with van der Waals surface area (Å²) in [4.78, 5) is 6.87. The monoisotopic (exact) mass is 307 g/mol. The van der Waals surface area contributed by atoms with Gasteiger partial charge in [-0.2, -0.15) is 13.2 Å². The van der Waals surface area contributed by atoms with Crippen LogP contribution >= 0.6 is 0 Å². The number of hydrogen-bond donors (Lipinski definition) is 3. The number of alkyl halides is 3. The summed E-state index contributed by atoms with van der Waals surface area (Å²) < 4.78 is 43.1. The fraction of sp³-hybridized carbons (Fsp3) is 0.667. The highest BCUT2D eigenvalue weighted by Gasteiger charge is 2.41. The van der Waals surface area contributed by atoms with E-state index in [1.165, 1.54) is 0 Å². The summed E-state index contributed by atoms with van der Waals surface area (Å²) in [6.07, 6.45) is -6.31. The number of aliphatic hydroxyl groups excluding tert-OH is 2. The normalized spacial score (nSPS) is 33.8. The molecule has 1 saturated heterocycles. The van der Waals surface area contributed by atoms with Crippen molar-refractivity contribution in [3.8, 4) is 0 Å². The van der Waals surface area contributed by atoms with Crippen LogP contribution in [0.3, 0.4) is 0 Å². The summed E-state index contributed by atoms with van der Waals surface area (Å²) in [6.45, 7) is 3.25. The van der Waals surface area contributed by atoms with Crippen molar-refractivity contribution in [2.45, 2.75) is 50.5 Å². The Morgan fingerprint density at radius 1 is 1.14 bits per heavy atom. The molecule has 118 valence electrons. The maximum absolute atomic E-state index is 12.6. The Kier molecular flexibility index (Phi) is 4.35. The molecule has 2 heterocycles. The molecular weight excluding hydrogens is 291 g/mol. The zero-order valence-corrected chi connectivity index (χ0v) is 11.4. The molecule has 0 amide bonds. The number of nitrogens with one attached hydrogen (secondary N) is 1. The molecule has 0 radical (unpaired) electrons. The van der Waals surface area contributed by atoms with Crippen molar-refractivity contribution in [2.24, 2.45) is 0 Å². The molecule has 2 rings (SSSR count). The van der Waals surface area contributed by atoms with Crippen LogP contribution in [0.5, 0.6) is 0 Å². The van der Waals surface area contributed by atoms with Gasteiger partial charge < -0.3 is 20.3 Å². The largest absolute Gasteiger partial charge is 0.434 e. The Balaban J connectivity index is 2.17. The zero-order valence-electron chi connectivity index (χ0n) is 11.4. The summed E-state index contributed by atoms with van der Waals surface area (Å²) in [6, 6.07) is -0.797. The van der Waals surface area contributed by atoms with E-state index in [9.17, 15) is 23.4 Å². The van der Waals surface area contributed by atoms with Gasteiger partial charge in [-0.15, -0.1) is 0 Å². The van der Waals surface area contributed by atoms with E-state index >= 15 is 0 Å². The van der Waals surface area contributed by atoms with Crippen molar-refractivity contribution in [1.82, 2.24) is 9.97 Å². The minimum atomic E-state index is -4.61. The van der Waals surface area contributed by atoms with E-state index in [0.29, 0.717) is 6.20 Å². The molecule has 3 N–H and O–H groups in total. The Hall–Kier alpha value is -1.45. The highest BCUT2D eigenvalue weighted by atomic mass is 19.4. The lowest BCUT2D eigenvalue weighted by Crippen LogP contribution is -2.58. The molecule has 0 aliphatic carbocycles. The van der Waals surface area contributed by atoms with Gasteiger partial charge in [-0.1, -0.05) is 0 Å². The van der Waals surface area contributed by atoms with Crippen molar-refractivity contribution in [3.63, 3.8) is 0 Å². The molecule has 1 aromatic heterocycles. The van der Waals surface area contributed by atoms with Gasteiger partial charge in [-0.05, 0) is 13.8 Å². The fourth-order valence-corrected chi connectivity index (χ4v) is 2.22. The Labute approximate surface area is 119 Å². The van der Waals surface area contributed by atoms with E-state index in [0.717, 1.165) is 6.20 Å². The molecule has 1 aliphatic rings. The van der Waals surface area contributed by atoms with E-state index < -0.39 is 42.3 Å². The maximum atomic E-state index is 12.6. The average molecular weight is 307 g/mol. The number of aromatic nitrogens is 2. The molecule has 9 heteroatoms. The molecule has 1 fully saturated rings. The smallest absolute Gasteiger partial charge is 0.388 e. The van der Waals surface area contributed by atoms with Crippen LogP contribution in [0.1, 0.15) is 19.5 Å². The lowest BCUT2D eigenvalue weighted by Gasteiger charge is -2.41. The third-order valence-electron chi connectivity index (χ3n) is 3.37.